The van der Waals surface area contributed by atoms with Gasteiger partial charge < -0.3 is 5.73 Å². The predicted octanol–water partition coefficient (Wildman–Crippen LogP) is 7.36. The van der Waals surface area contributed by atoms with Crippen LogP contribution in [0.3, 0.4) is 0 Å². The third kappa shape index (κ3) is 10.8. The van der Waals surface area contributed by atoms with Crippen LogP contribution in [0.15, 0.2) is 94.1 Å². The standard InChI is InChI=1S/C12H9BrN2O2.C12H11BrN2.2ClH.Sn/c13-10-4-5-12(15(16)17)9(7-10)8-11-3-1-2-6-14-11;13-10-4-5-12(14)9(7-10)8-11-3-1-2-6-15-11;;;/h1-7H,8H2;1-7H,8,14H2;2*1H;/q;;;;+2/p-2. The number of pyridine rings is 2. The van der Waals surface area contributed by atoms with Crippen molar-refractivity contribution in [3.63, 3.8) is 0 Å². The summed E-state index contributed by atoms with van der Waals surface area (Å²) in [6, 6.07) is 22.2. The van der Waals surface area contributed by atoms with Crippen molar-refractivity contribution in [2.75, 3.05) is 5.73 Å². The predicted molar refractivity (Wildman–Crippen MR) is 151 cm³/mol. The summed E-state index contributed by atoms with van der Waals surface area (Å²) in [5.41, 5.74) is 10.4. The fourth-order valence-corrected chi connectivity index (χ4v) is 3.81. The van der Waals surface area contributed by atoms with Crippen molar-refractivity contribution in [1.29, 1.82) is 0 Å². The molecular weight excluding hydrogens is 726 g/mol. The Bertz CT molecular complexity index is 1220. The zero-order chi connectivity index (χ0) is 25.6. The van der Waals surface area contributed by atoms with Crippen LogP contribution in [0.25, 0.3) is 0 Å². The number of anilines is 1. The van der Waals surface area contributed by atoms with Gasteiger partial charge in [0.05, 0.1) is 4.92 Å². The van der Waals surface area contributed by atoms with E-state index in [2.05, 4.69) is 41.8 Å². The van der Waals surface area contributed by atoms with Gasteiger partial charge in [-0.1, -0.05) is 44.0 Å². The number of nitrogen functional groups attached to an aromatic ring is 1. The van der Waals surface area contributed by atoms with E-state index in [1.54, 1.807) is 24.5 Å². The van der Waals surface area contributed by atoms with E-state index in [1.165, 1.54) is 6.07 Å². The molecule has 35 heavy (non-hydrogen) atoms. The molecule has 6 nitrogen and oxygen atoms in total. The van der Waals surface area contributed by atoms with Crippen LogP contribution in [0.5, 0.6) is 0 Å². The molecule has 2 aromatic carbocycles. The molecule has 0 unspecified atom stereocenters. The molecule has 0 fully saturated rings. The number of hydrogen-bond donors (Lipinski definition) is 1. The molecule has 4 rings (SSSR count). The van der Waals surface area contributed by atoms with Gasteiger partial charge in [-0.3, -0.25) is 20.1 Å². The van der Waals surface area contributed by atoms with Crippen LogP contribution < -0.4 is 5.73 Å². The molecule has 2 heterocycles. The second-order valence-electron chi connectivity index (χ2n) is 6.94. The summed E-state index contributed by atoms with van der Waals surface area (Å²) in [4.78, 5) is 19.0. The Balaban J connectivity index is 0.000000223. The molecule has 0 atom stereocenters. The van der Waals surface area contributed by atoms with Crippen LogP contribution >= 0.6 is 49.7 Å². The monoisotopic (exact) mass is 744 g/mol. The van der Waals surface area contributed by atoms with Crippen molar-refractivity contribution < 1.29 is 4.92 Å². The molecule has 4 aromatic rings. The van der Waals surface area contributed by atoms with E-state index in [0.717, 1.165) is 38.0 Å². The van der Waals surface area contributed by atoms with Crippen molar-refractivity contribution in [2.24, 2.45) is 0 Å². The van der Waals surface area contributed by atoms with Gasteiger partial charge in [0, 0.05) is 62.9 Å². The maximum atomic E-state index is 10.9. The average molecular weight is 746 g/mol. The topological polar surface area (TPSA) is 94.9 Å². The fraction of sp³-hybridized carbons (Fsp3) is 0.0833. The Hall–Kier alpha value is -1.72. The van der Waals surface area contributed by atoms with Gasteiger partial charge in [-0.2, -0.15) is 0 Å². The van der Waals surface area contributed by atoms with Crippen molar-refractivity contribution in [3.8, 4) is 0 Å². The Labute approximate surface area is 238 Å². The number of rotatable bonds is 5. The SMILES string of the molecule is Nc1ccc(Br)cc1Cc1ccccn1.O=[N+]([O-])c1ccc(Br)cc1Cc1ccccn1.[Cl][Sn][Cl]. The molecule has 0 bridgehead atoms. The average Bonchev–Trinajstić information content (AvgIpc) is 2.84. The first kappa shape index (κ1) is 29.5. The number of hydrogen-bond acceptors (Lipinski definition) is 5. The van der Waals surface area contributed by atoms with E-state index in [1.807, 2.05) is 54.6 Å². The number of nitrogens with two attached hydrogens (primary N) is 1. The number of benzene rings is 2. The van der Waals surface area contributed by atoms with Crippen LogP contribution in [0, 0.1) is 10.1 Å². The van der Waals surface area contributed by atoms with Crippen molar-refractivity contribution in [2.45, 2.75) is 12.8 Å². The molecule has 180 valence electrons. The van der Waals surface area contributed by atoms with E-state index >= 15 is 0 Å². The molecule has 0 saturated carbocycles. The number of nitro benzene ring substituents is 1. The van der Waals surface area contributed by atoms with Crippen LogP contribution in [-0.4, -0.2) is 33.8 Å². The van der Waals surface area contributed by atoms with Crippen molar-refractivity contribution >= 4 is 80.0 Å². The molecule has 11 heteroatoms. The van der Waals surface area contributed by atoms with Gasteiger partial charge in [0.1, 0.15) is 0 Å². The summed E-state index contributed by atoms with van der Waals surface area (Å²) in [5, 5.41) is 10.9. The second-order valence-corrected chi connectivity index (χ2v) is 13.0. The zero-order valence-corrected chi connectivity index (χ0v) is 25.8. The minimum atomic E-state index is -0.826. The second kappa shape index (κ2) is 16.1. The van der Waals surface area contributed by atoms with E-state index in [0.29, 0.717) is 12.0 Å². The van der Waals surface area contributed by atoms with Gasteiger partial charge in [-0.05, 0) is 60.2 Å². The molecule has 2 radical (unpaired) electrons. The van der Waals surface area contributed by atoms with Gasteiger partial charge in [0.15, 0.2) is 0 Å². The summed E-state index contributed by atoms with van der Waals surface area (Å²) in [6.45, 7) is 0. The summed E-state index contributed by atoms with van der Waals surface area (Å²) in [7, 11) is 9.87. The molecule has 2 aromatic heterocycles. The zero-order valence-electron chi connectivity index (χ0n) is 18.2. The van der Waals surface area contributed by atoms with E-state index in [4.69, 9.17) is 23.6 Å². The van der Waals surface area contributed by atoms with E-state index in [-0.39, 0.29) is 10.6 Å². The Morgan fingerprint density at radius 1 is 0.829 bits per heavy atom. The van der Waals surface area contributed by atoms with E-state index < -0.39 is 18.9 Å². The molecule has 0 aliphatic heterocycles. The fourth-order valence-electron chi connectivity index (χ4n) is 3.00. The van der Waals surface area contributed by atoms with Crippen molar-refractivity contribution in [3.05, 3.63) is 127 Å². The van der Waals surface area contributed by atoms with Crippen LogP contribution in [-0.2, 0) is 12.8 Å². The number of aromatic nitrogens is 2. The quantitative estimate of drug-likeness (QED) is 0.0998. The van der Waals surface area contributed by atoms with Gasteiger partial charge in [0.2, 0.25) is 0 Å². The minimum absolute atomic E-state index is 0.124. The van der Waals surface area contributed by atoms with Crippen molar-refractivity contribution in [1.82, 2.24) is 9.97 Å². The molecule has 2 N–H and O–H groups in total. The summed E-state index contributed by atoms with van der Waals surface area (Å²) in [5.74, 6) is 0. The molecule has 0 saturated heterocycles. The normalized spacial score (nSPS) is 9.83. The molecule has 0 spiro atoms. The Morgan fingerprint density at radius 2 is 1.31 bits per heavy atom. The summed E-state index contributed by atoms with van der Waals surface area (Å²) >= 11 is 5.92. The first-order chi connectivity index (χ1) is 16.8. The Kier molecular flexibility index (Phi) is 13.6. The Morgan fingerprint density at radius 3 is 1.80 bits per heavy atom. The number of nitro groups is 1. The van der Waals surface area contributed by atoms with Gasteiger partial charge >= 0.3 is 36.7 Å². The van der Waals surface area contributed by atoms with Crippen LogP contribution in [0.1, 0.15) is 22.5 Å². The van der Waals surface area contributed by atoms with Crippen LogP contribution in [0.4, 0.5) is 11.4 Å². The van der Waals surface area contributed by atoms with Gasteiger partial charge in [-0.25, -0.2) is 0 Å². The molecular formula is C24H20Br2Cl2N4O2Sn. The molecule has 0 amide bonds. The number of halogens is 4. The summed E-state index contributed by atoms with van der Waals surface area (Å²) in [6.07, 6.45) is 4.70. The maximum absolute atomic E-state index is 10.9. The third-order valence-corrected chi connectivity index (χ3v) is 5.53. The third-order valence-electron chi connectivity index (χ3n) is 4.54. The first-order valence-electron chi connectivity index (χ1n) is 10.1. The molecule has 0 aliphatic rings. The summed E-state index contributed by atoms with van der Waals surface area (Å²) < 4.78 is 1.87. The van der Waals surface area contributed by atoms with Gasteiger partial charge in [-0.15, -0.1) is 0 Å². The van der Waals surface area contributed by atoms with Gasteiger partial charge in [0.25, 0.3) is 5.69 Å². The van der Waals surface area contributed by atoms with E-state index in [9.17, 15) is 10.1 Å². The molecule has 0 aliphatic carbocycles. The first-order valence-corrected chi connectivity index (χ1v) is 18.9. The van der Waals surface area contributed by atoms with Crippen LogP contribution in [0.2, 0.25) is 0 Å². The number of nitrogens with zero attached hydrogens (tertiary/aromatic N) is 3.